The molecular weight excluding hydrogens is 262 g/mol. The van der Waals surface area contributed by atoms with Crippen molar-refractivity contribution in [1.82, 2.24) is 0 Å². The fourth-order valence-corrected chi connectivity index (χ4v) is 2.25. The van der Waals surface area contributed by atoms with Gasteiger partial charge in [0.2, 0.25) is 0 Å². The van der Waals surface area contributed by atoms with Crippen molar-refractivity contribution in [2.75, 3.05) is 19.5 Å². The number of ether oxygens (including phenoxy) is 2. The zero-order chi connectivity index (χ0) is 14.3. The summed E-state index contributed by atoms with van der Waals surface area (Å²) in [6.07, 6.45) is 4.66. The lowest BCUT2D eigenvalue weighted by molar-refractivity contribution is 0.404. The third kappa shape index (κ3) is 4.50. The number of methoxy groups -OCH3 is 2. The Morgan fingerprint density at radius 3 is 2.37 bits per heavy atom. The minimum atomic E-state index is 0.444. The van der Waals surface area contributed by atoms with E-state index in [2.05, 4.69) is 19.2 Å². The van der Waals surface area contributed by atoms with Crippen LogP contribution in [0.3, 0.4) is 0 Å². The molecule has 1 aromatic rings. The first kappa shape index (κ1) is 16.0. The lowest BCUT2D eigenvalue weighted by atomic mass is 10.1. The Morgan fingerprint density at radius 1 is 1.16 bits per heavy atom. The summed E-state index contributed by atoms with van der Waals surface area (Å²) < 4.78 is 10.6. The lowest BCUT2D eigenvalue weighted by Gasteiger charge is -2.20. The first-order valence-electron chi connectivity index (χ1n) is 6.84. The first-order chi connectivity index (χ1) is 9.15. The summed E-state index contributed by atoms with van der Waals surface area (Å²) in [4.78, 5) is 0. The summed E-state index contributed by atoms with van der Waals surface area (Å²) in [5.74, 6) is 1.41. The van der Waals surface area contributed by atoms with Gasteiger partial charge in [0.15, 0.2) is 0 Å². The van der Waals surface area contributed by atoms with Gasteiger partial charge in [-0.25, -0.2) is 0 Å². The molecule has 0 amide bonds. The lowest BCUT2D eigenvalue weighted by Crippen LogP contribution is -2.18. The number of benzene rings is 1. The van der Waals surface area contributed by atoms with Gasteiger partial charge in [0.1, 0.15) is 11.5 Å². The van der Waals surface area contributed by atoms with Gasteiger partial charge in [0.05, 0.1) is 24.9 Å². The van der Waals surface area contributed by atoms with E-state index in [-0.39, 0.29) is 0 Å². The highest BCUT2D eigenvalue weighted by atomic mass is 35.5. The highest BCUT2D eigenvalue weighted by Gasteiger charge is 2.13. The van der Waals surface area contributed by atoms with Crippen molar-refractivity contribution in [2.45, 2.75) is 45.6 Å². The van der Waals surface area contributed by atoms with Crippen molar-refractivity contribution in [3.63, 3.8) is 0 Å². The molecule has 0 aliphatic rings. The normalized spacial score (nSPS) is 12.1. The van der Waals surface area contributed by atoms with E-state index in [4.69, 9.17) is 21.1 Å². The molecule has 1 atom stereocenters. The molecule has 0 fully saturated rings. The smallest absolute Gasteiger partial charge is 0.143 e. The average molecular weight is 286 g/mol. The molecule has 19 heavy (non-hydrogen) atoms. The van der Waals surface area contributed by atoms with E-state index < -0.39 is 0 Å². The Balaban J connectivity index is 2.90. The van der Waals surface area contributed by atoms with Gasteiger partial charge in [-0.15, -0.1) is 0 Å². The summed E-state index contributed by atoms with van der Waals surface area (Å²) in [7, 11) is 3.27. The quantitative estimate of drug-likeness (QED) is 0.748. The summed E-state index contributed by atoms with van der Waals surface area (Å²) in [5, 5.41) is 4.08. The van der Waals surface area contributed by atoms with Crippen LogP contribution in [-0.4, -0.2) is 20.3 Å². The van der Waals surface area contributed by atoms with Gasteiger partial charge in [0, 0.05) is 18.2 Å². The highest BCUT2D eigenvalue weighted by molar-refractivity contribution is 6.32. The Hall–Kier alpha value is -1.09. The molecule has 1 aromatic carbocycles. The van der Waals surface area contributed by atoms with Gasteiger partial charge in [-0.05, 0) is 12.8 Å². The highest BCUT2D eigenvalue weighted by Crippen LogP contribution is 2.36. The number of halogens is 1. The van der Waals surface area contributed by atoms with E-state index in [1.807, 2.05) is 6.07 Å². The van der Waals surface area contributed by atoms with Gasteiger partial charge in [0.25, 0.3) is 0 Å². The standard InChI is InChI=1S/C15H24ClNO2/c1-5-7-8-11(6-2)17-13-10-14(18-3)12(16)9-15(13)19-4/h9-11,17H,5-8H2,1-4H3. The molecule has 0 radical (unpaired) electrons. The van der Waals surface area contributed by atoms with E-state index in [1.165, 1.54) is 12.8 Å². The molecule has 1 unspecified atom stereocenters. The number of anilines is 1. The Labute approximate surface area is 121 Å². The van der Waals surface area contributed by atoms with Crippen molar-refractivity contribution in [3.05, 3.63) is 17.2 Å². The SMILES string of the molecule is CCCCC(CC)Nc1cc(OC)c(Cl)cc1OC. The molecule has 0 bridgehead atoms. The van der Waals surface area contributed by atoms with Crippen LogP contribution in [0.1, 0.15) is 39.5 Å². The van der Waals surface area contributed by atoms with Crippen LogP contribution >= 0.6 is 11.6 Å². The topological polar surface area (TPSA) is 30.5 Å². The maximum Gasteiger partial charge on any atom is 0.143 e. The summed E-state index contributed by atoms with van der Waals surface area (Å²) in [5.41, 5.74) is 0.937. The number of hydrogen-bond donors (Lipinski definition) is 1. The van der Waals surface area contributed by atoms with Gasteiger partial charge >= 0.3 is 0 Å². The van der Waals surface area contributed by atoms with Crippen molar-refractivity contribution in [2.24, 2.45) is 0 Å². The molecule has 0 aliphatic carbocycles. The Kier molecular flexibility index (Phi) is 6.85. The Bertz CT molecular complexity index is 396. The third-order valence-corrected chi connectivity index (χ3v) is 3.53. The second-order valence-electron chi connectivity index (χ2n) is 4.58. The molecule has 1 N–H and O–H groups in total. The minimum absolute atomic E-state index is 0.444. The van der Waals surface area contributed by atoms with E-state index in [0.29, 0.717) is 16.8 Å². The van der Waals surface area contributed by atoms with Gasteiger partial charge in [-0.3, -0.25) is 0 Å². The molecule has 0 aliphatic heterocycles. The fourth-order valence-electron chi connectivity index (χ4n) is 2.02. The fraction of sp³-hybridized carbons (Fsp3) is 0.600. The molecular formula is C15H24ClNO2. The molecule has 3 nitrogen and oxygen atoms in total. The summed E-state index contributed by atoms with van der Waals surface area (Å²) in [6.45, 7) is 4.39. The number of hydrogen-bond acceptors (Lipinski definition) is 3. The summed E-state index contributed by atoms with van der Waals surface area (Å²) in [6, 6.07) is 4.13. The van der Waals surface area contributed by atoms with Crippen molar-refractivity contribution in [3.8, 4) is 11.5 Å². The first-order valence-corrected chi connectivity index (χ1v) is 7.22. The zero-order valence-corrected chi connectivity index (χ0v) is 13.0. The molecule has 1 rings (SSSR count). The summed E-state index contributed by atoms with van der Waals surface area (Å²) >= 11 is 6.10. The third-order valence-electron chi connectivity index (χ3n) is 3.23. The van der Waals surface area contributed by atoms with Crippen molar-refractivity contribution < 1.29 is 9.47 Å². The van der Waals surface area contributed by atoms with E-state index in [0.717, 1.165) is 24.3 Å². The Morgan fingerprint density at radius 2 is 1.84 bits per heavy atom. The maximum atomic E-state index is 6.10. The molecule has 0 spiro atoms. The molecule has 4 heteroatoms. The second-order valence-corrected chi connectivity index (χ2v) is 4.99. The predicted octanol–water partition coefficient (Wildman–Crippen LogP) is 4.74. The van der Waals surface area contributed by atoms with Crippen molar-refractivity contribution >= 4 is 17.3 Å². The average Bonchev–Trinajstić information content (AvgIpc) is 2.44. The second kappa shape index (κ2) is 8.16. The molecule has 108 valence electrons. The molecule has 0 saturated carbocycles. The van der Waals surface area contributed by atoms with Crippen LogP contribution in [0.4, 0.5) is 5.69 Å². The van der Waals surface area contributed by atoms with Gasteiger partial charge in [-0.2, -0.15) is 0 Å². The van der Waals surface area contributed by atoms with Crippen LogP contribution in [0.15, 0.2) is 12.1 Å². The van der Waals surface area contributed by atoms with Crippen molar-refractivity contribution in [1.29, 1.82) is 0 Å². The van der Waals surface area contributed by atoms with Crippen LogP contribution in [0.5, 0.6) is 11.5 Å². The van der Waals surface area contributed by atoms with Crippen LogP contribution in [0.25, 0.3) is 0 Å². The minimum Gasteiger partial charge on any atom is -0.495 e. The van der Waals surface area contributed by atoms with E-state index in [1.54, 1.807) is 20.3 Å². The zero-order valence-electron chi connectivity index (χ0n) is 12.3. The molecule has 0 saturated heterocycles. The van der Waals surface area contributed by atoms with Gasteiger partial charge < -0.3 is 14.8 Å². The largest absolute Gasteiger partial charge is 0.495 e. The van der Waals surface area contributed by atoms with Crippen LogP contribution in [-0.2, 0) is 0 Å². The molecule has 0 heterocycles. The van der Waals surface area contributed by atoms with E-state index in [9.17, 15) is 0 Å². The number of unbranched alkanes of at least 4 members (excludes halogenated alkanes) is 1. The predicted molar refractivity (Wildman–Crippen MR) is 81.8 cm³/mol. The van der Waals surface area contributed by atoms with E-state index >= 15 is 0 Å². The van der Waals surface area contributed by atoms with Crippen LogP contribution in [0, 0.1) is 0 Å². The van der Waals surface area contributed by atoms with Crippen LogP contribution in [0.2, 0.25) is 5.02 Å². The monoisotopic (exact) mass is 285 g/mol. The number of nitrogens with one attached hydrogen (secondary N) is 1. The maximum absolute atomic E-state index is 6.10. The van der Waals surface area contributed by atoms with Crippen LogP contribution < -0.4 is 14.8 Å². The number of rotatable bonds is 8. The van der Waals surface area contributed by atoms with Gasteiger partial charge in [-0.1, -0.05) is 38.3 Å². The molecule has 0 aromatic heterocycles.